The van der Waals surface area contributed by atoms with Crippen molar-refractivity contribution in [1.29, 1.82) is 0 Å². The zero-order chi connectivity index (χ0) is 5.11. The summed E-state index contributed by atoms with van der Waals surface area (Å²) in [4.78, 5) is 6.11. The van der Waals surface area contributed by atoms with Crippen LogP contribution in [0.2, 0.25) is 0 Å². The van der Waals surface area contributed by atoms with E-state index in [9.17, 15) is 0 Å². The van der Waals surface area contributed by atoms with Gasteiger partial charge in [-0.25, -0.2) is 4.98 Å². The Bertz CT molecular complexity index is 199. The zero-order valence-corrected chi connectivity index (χ0v) is 4.27. The van der Waals surface area contributed by atoms with Gasteiger partial charge in [-0.1, -0.05) is 0 Å². The number of thiazole rings is 1. The fraction of sp³-hybridized carbons (Fsp3) is 0. The molecule has 0 saturated heterocycles. The highest BCUT2D eigenvalue weighted by Crippen LogP contribution is 1.76. The van der Waals surface area contributed by atoms with Gasteiger partial charge < -0.3 is 5.53 Å². The molecule has 4 heteroatoms. The number of aromatic nitrogens is 1. The van der Waals surface area contributed by atoms with E-state index in [1.54, 1.807) is 11.6 Å². The first-order chi connectivity index (χ1) is 3.43. The van der Waals surface area contributed by atoms with Crippen LogP contribution < -0.4 is 4.80 Å². The first kappa shape index (κ1) is 4.30. The fourth-order valence-electron chi connectivity index (χ4n) is 0.290. The molecule has 0 saturated carbocycles. The van der Waals surface area contributed by atoms with E-state index in [1.165, 1.54) is 11.3 Å². The second kappa shape index (κ2) is 1.73. The van der Waals surface area contributed by atoms with Gasteiger partial charge in [-0.05, 0) is 11.3 Å². The third-order valence-corrected chi connectivity index (χ3v) is 1.24. The van der Waals surface area contributed by atoms with Crippen LogP contribution in [0.5, 0.6) is 0 Å². The third kappa shape index (κ3) is 0.765. The Labute approximate surface area is 43.9 Å². The molecule has 0 fully saturated rings. The molecule has 1 aromatic heterocycles. The predicted molar refractivity (Wildman–Crippen MR) is 25.4 cm³/mol. The zero-order valence-electron chi connectivity index (χ0n) is 3.46. The van der Waals surface area contributed by atoms with Gasteiger partial charge in [0.25, 0.3) is 0 Å². The highest BCUT2D eigenvalue weighted by Gasteiger charge is 1.80. The topological polar surface area (TPSA) is 52.2 Å². The second-order valence-electron chi connectivity index (χ2n) is 0.970. The van der Waals surface area contributed by atoms with Crippen molar-refractivity contribution in [2.45, 2.75) is 0 Å². The maximum absolute atomic E-state index is 8.03. The Morgan fingerprint density at radius 2 is 2.71 bits per heavy atom. The summed E-state index contributed by atoms with van der Waals surface area (Å²) in [5.74, 6) is 0. The maximum Gasteiger partial charge on any atom is 0.417 e. The van der Waals surface area contributed by atoms with E-state index in [-0.39, 0.29) is 0 Å². The average Bonchev–Trinajstić information content (AvgIpc) is 2.14. The van der Waals surface area contributed by atoms with Crippen molar-refractivity contribution in [3.8, 4) is 0 Å². The van der Waals surface area contributed by atoms with Gasteiger partial charge in [0.1, 0.15) is 6.20 Å². The van der Waals surface area contributed by atoms with Gasteiger partial charge in [0.2, 0.25) is 0 Å². The summed E-state index contributed by atoms with van der Waals surface area (Å²) in [6.07, 6.45) is 1.71. The first-order valence-corrected chi connectivity index (χ1v) is 2.62. The van der Waals surface area contributed by atoms with Crippen molar-refractivity contribution in [2.75, 3.05) is 0 Å². The van der Waals surface area contributed by atoms with Gasteiger partial charge in [0.05, 0.1) is 0 Å². The minimum Gasteiger partial charge on any atom is -0.496 e. The number of H-pyrrole nitrogens is 1. The summed E-state index contributed by atoms with van der Waals surface area (Å²) in [6, 6.07) is 0. The fourth-order valence-corrected chi connectivity index (χ4v) is 0.738. The van der Waals surface area contributed by atoms with Crippen molar-refractivity contribution in [1.82, 2.24) is 4.98 Å². The van der Waals surface area contributed by atoms with Crippen molar-refractivity contribution in [3.63, 3.8) is 0 Å². The van der Waals surface area contributed by atoms with Crippen LogP contribution in [0.3, 0.4) is 0 Å². The third-order valence-electron chi connectivity index (χ3n) is 0.545. The number of nitrogens with one attached hydrogen (secondary N) is 1. The van der Waals surface area contributed by atoms with E-state index in [0.29, 0.717) is 4.80 Å². The Kier molecular flexibility index (Phi) is 1.06. The number of rotatable bonds is 0. The summed E-state index contributed by atoms with van der Waals surface area (Å²) in [5.41, 5.74) is 8.03. The monoisotopic (exact) mass is 113 g/mol. The molecule has 0 aliphatic rings. The smallest absolute Gasteiger partial charge is 0.417 e. The lowest BCUT2D eigenvalue weighted by atomic mass is 11.0. The minimum absolute atomic E-state index is 0.528. The number of aromatic amines is 1. The molecule has 1 heterocycles. The molecule has 7 heavy (non-hydrogen) atoms. The van der Waals surface area contributed by atoms with Gasteiger partial charge in [-0.15, -0.1) is 0 Å². The molecule has 0 aromatic carbocycles. The van der Waals surface area contributed by atoms with Gasteiger partial charge >= 0.3 is 4.80 Å². The molecule has 0 radical (unpaired) electrons. The number of hydrogen-bond donors (Lipinski definition) is 1. The van der Waals surface area contributed by atoms with Crippen LogP contribution in [-0.2, 0) is 0 Å². The summed E-state index contributed by atoms with van der Waals surface area (Å²) in [5, 5.41) is 1.80. The van der Waals surface area contributed by atoms with E-state index in [4.69, 9.17) is 5.53 Å². The molecular weight excluding hydrogens is 110 g/mol. The van der Waals surface area contributed by atoms with Crippen LogP contribution in [0.4, 0.5) is 0 Å². The van der Waals surface area contributed by atoms with Crippen LogP contribution in [-0.4, -0.2) is 9.77 Å². The second-order valence-corrected chi connectivity index (χ2v) is 1.86. The van der Waals surface area contributed by atoms with Gasteiger partial charge in [-0.3, -0.25) is 4.79 Å². The van der Waals surface area contributed by atoms with Crippen molar-refractivity contribution in [3.05, 3.63) is 21.9 Å². The molecule has 1 aromatic rings. The normalized spacial score (nSPS) is 8.00. The molecule has 0 atom stereocenters. The Morgan fingerprint density at radius 3 is 3.00 bits per heavy atom. The largest absolute Gasteiger partial charge is 0.496 e. The quantitative estimate of drug-likeness (QED) is 0.369. The van der Waals surface area contributed by atoms with E-state index in [0.717, 1.165) is 0 Å². The molecule has 0 aliphatic heterocycles. The van der Waals surface area contributed by atoms with Crippen molar-refractivity contribution >= 4 is 11.3 Å². The van der Waals surface area contributed by atoms with Gasteiger partial charge in [-0.2, -0.15) is 0 Å². The Hall–Kier alpha value is -0.860. The molecular formula is C3H3N3S. The highest BCUT2D eigenvalue weighted by atomic mass is 32.1. The number of hydrogen-bond acceptors (Lipinski definition) is 1. The van der Waals surface area contributed by atoms with Crippen LogP contribution in [0.15, 0.2) is 11.6 Å². The van der Waals surface area contributed by atoms with Crippen molar-refractivity contribution < 1.29 is 4.79 Å². The lowest BCUT2D eigenvalue weighted by Gasteiger charge is -1.51. The predicted octanol–water partition coefficient (Wildman–Crippen LogP) is 0.207. The van der Waals surface area contributed by atoms with Crippen LogP contribution in [0.1, 0.15) is 0 Å². The van der Waals surface area contributed by atoms with Crippen LogP contribution in [0, 0.1) is 0 Å². The standard InChI is InChI=1S/C3H3N3S/c4-6-3-5-1-2-7-3/h1-2,5H. The van der Waals surface area contributed by atoms with Crippen LogP contribution in [0.25, 0.3) is 5.53 Å². The summed E-state index contributed by atoms with van der Waals surface area (Å²) >= 11 is 1.35. The van der Waals surface area contributed by atoms with E-state index in [1.807, 2.05) is 0 Å². The number of nitrogens with zero attached hydrogens (tertiary/aromatic N) is 2. The van der Waals surface area contributed by atoms with E-state index >= 15 is 0 Å². The molecule has 0 unspecified atom stereocenters. The van der Waals surface area contributed by atoms with Gasteiger partial charge in [0.15, 0.2) is 0 Å². The molecule has 1 N–H and O–H groups in total. The Morgan fingerprint density at radius 1 is 1.86 bits per heavy atom. The average molecular weight is 113 g/mol. The highest BCUT2D eigenvalue weighted by molar-refractivity contribution is 7.06. The molecule has 0 amide bonds. The SMILES string of the molecule is [N-]=[N+]=c1[nH]ccs1. The van der Waals surface area contributed by atoms with E-state index in [2.05, 4.69) is 9.77 Å². The lowest BCUT2D eigenvalue weighted by Crippen LogP contribution is -1.95. The van der Waals surface area contributed by atoms with Gasteiger partial charge in [0, 0.05) is 5.38 Å². The molecule has 0 bridgehead atoms. The Balaban J connectivity index is 3.50. The molecule has 3 nitrogen and oxygen atoms in total. The van der Waals surface area contributed by atoms with E-state index < -0.39 is 0 Å². The summed E-state index contributed by atoms with van der Waals surface area (Å²) in [7, 11) is 0. The van der Waals surface area contributed by atoms with Crippen LogP contribution >= 0.6 is 11.3 Å². The maximum atomic E-state index is 8.03. The molecule has 36 valence electrons. The molecule has 0 spiro atoms. The van der Waals surface area contributed by atoms with Crippen molar-refractivity contribution in [2.24, 2.45) is 0 Å². The summed E-state index contributed by atoms with van der Waals surface area (Å²) < 4.78 is 0. The lowest BCUT2D eigenvalue weighted by molar-refractivity contribution is -0.0652. The minimum atomic E-state index is 0.528. The first-order valence-electron chi connectivity index (χ1n) is 1.74. The summed E-state index contributed by atoms with van der Waals surface area (Å²) in [6.45, 7) is 0. The molecule has 1 rings (SSSR count). The molecule has 0 aliphatic carbocycles.